The van der Waals surface area contributed by atoms with Crippen molar-refractivity contribution in [2.24, 2.45) is 0 Å². The molecule has 1 aliphatic rings. The second-order valence-corrected chi connectivity index (χ2v) is 8.51. The third kappa shape index (κ3) is 3.70. The minimum absolute atomic E-state index is 0.259. The molecule has 0 atom stereocenters. The maximum absolute atomic E-state index is 12.1. The summed E-state index contributed by atoms with van der Waals surface area (Å²) in [5.74, 6) is 0. The van der Waals surface area contributed by atoms with E-state index in [1.54, 1.807) is 0 Å². The zero-order valence-corrected chi connectivity index (χ0v) is 14.9. The van der Waals surface area contributed by atoms with E-state index in [1.165, 1.54) is 0 Å². The molecule has 3 rings (SSSR count). The first-order valence-electron chi connectivity index (χ1n) is 7.12. The molecule has 0 unspecified atom stereocenters. The lowest BCUT2D eigenvalue weighted by Gasteiger charge is -2.27. The highest BCUT2D eigenvalue weighted by molar-refractivity contribution is 9.10. The maximum atomic E-state index is 12.1. The van der Waals surface area contributed by atoms with Crippen molar-refractivity contribution >= 4 is 25.8 Å². The van der Waals surface area contributed by atoms with Crippen molar-refractivity contribution in [3.05, 3.63) is 55.9 Å². The van der Waals surface area contributed by atoms with E-state index in [0.29, 0.717) is 24.2 Å². The number of rotatable bonds is 3. The maximum Gasteiger partial charge on any atom is 0.255 e. The van der Waals surface area contributed by atoms with E-state index in [-0.39, 0.29) is 10.7 Å². The highest BCUT2D eigenvalue weighted by Crippen LogP contribution is 2.19. The first-order valence-corrected chi connectivity index (χ1v) is 9.80. The van der Waals surface area contributed by atoms with Gasteiger partial charge in [0.15, 0.2) is 0 Å². The molecule has 1 aromatic carbocycles. The fourth-order valence-electron chi connectivity index (χ4n) is 2.68. The molecule has 0 saturated heterocycles. The molecule has 0 saturated carbocycles. The van der Waals surface area contributed by atoms with E-state index in [9.17, 15) is 13.2 Å². The van der Waals surface area contributed by atoms with Crippen LogP contribution in [0.25, 0.3) is 0 Å². The predicted molar refractivity (Wildman–Crippen MR) is 89.9 cm³/mol. The van der Waals surface area contributed by atoms with Crippen molar-refractivity contribution in [2.45, 2.75) is 24.7 Å². The van der Waals surface area contributed by atoms with Gasteiger partial charge in [-0.3, -0.25) is 14.7 Å². The number of aromatic amines is 1. The van der Waals surface area contributed by atoms with Gasteiger partial charge in [0, 0.05) is 35.9 Å². The van der Waals surface area contributed by atoms with Gasteiger partial charge in [-0.25, -0.2) is 13.4 Å². The van der Waals surface area contributed by atoms with Gasteiger partial charge in [-0.15, -0.1) is 0 Å². The van der Waals surface area contributed by atoms with Gasteiger partial charge in [-0.05, 0) is 24.1 Å². The summed E-state index contributed by atoms with van der Waals surface area (Å²) < 4.78 is 24.3. The Kier molecular flexibility index (Phi) is 4.39. The van der Waals surface area contributed by atoms with Crippen LogP contribution in [-0.4, -0.2) is 36.1 Å². The molecule has 0 bridgehead atoms. The van der Waals surface area contributed by atoms with E-state index in [0.717, 1.165) is 29.4 Å². The van der Waals surface area contributed by atoms with Gasteiger partial charge in [0.1, 0.15) is 0 Å². The number of hydrogen-bond donors (Lipinski definition) is 1. The van der Waals surface area contributed by atoms with E-state index in [4.69, 9.17) is 0 Å². The number of H-pyrrole nitrogens is 1. The lowest BCUT2D eigenvalue weighted by Crippen LogP contribution is -2.35. The van der Waals surface area contributed by atoms with Crippen LogP contribution in [0.2, 0.25) is 0 Å². The molecule has 2 aromatic rings. The van der Waals surface area contributed by atoms with Gasteiger partial charge >= 0.3 is 0 Å². The fraction of sp³-hybridized carbons (Fsp3) is 0.333. The monoisotopic (exact) mass is 397 g/mol. The molecule has 1 aromatic heterocycles. The number of sulfone groups is 1. The second-order valence-electron chi connectivity index (χ2n) is 5.66. The number of aromatic nitrogens is 2. The molecule has 1 aliphatic heterocycles. The summed E-state index contributed by atoms with van der Waals surface area (Å²) in [5.41, 5.74) is 1.94. The highest BCUT2D eigenvalue weighted by atomic mass is 79.9. The highest BCUT2D eigenvalue weighted by Gasteiger charge is 2.23. The first-order chi connectivity index (χ1) is 10.8. The van der Waals surface area contributed by atoms with Crippen LogP contribution in [0.1, 0.15) is 16.8 Å². The number of hydrogen-bond acceptors (Lipinski definition) is 5. The van der Waals surface area contributed by atoms with Crippen molar-refractivity contribution in [3.8, 4) is 0 Å². The first kappa shape index (κ1) is 16.4. The molecule has 2 heterocycles. The van der Waals surface area contributed by atoms with Crippen molar-refractivity contribution in [3.63, 3.8) is 0 Å². The van der Waals surface area contributed by atoms with Gasteiger partial charge in [0.2, 0.25) is 15.0 Å². The third-order valence-corrected chi connectivity index (χ3v) is 5.17. The Bertz CT molecular complexity index is 908. The Morgan fingerprint density at radius 2 is 2.17 bits per heavy atom. The summed E-state index contributed by atoms with van der Waals surface area (Å²) in [5, 5.41) is -0.259. The average molecular weight is 398 g/mol. The number of benzene rings is 1. The normalized spacial score (nSPS) is 15.4. The second kappa shape index (κ2) is 6.18. The molecular formula is C15H16BrN3O3S. The Balaban J connectivity index is 1.88. The third-order valence-electron chi connectivity index (χ3n) is 3.78. The molecule has 23 heavy (non-hydrogen) atoms. The van der Waals surface area contributed by atoms with E-state index in [2.05, 4.69) is 30.8 Å². The van der Waals surface area contributed by atoms with Crippen LogP contribution in [0.4, 0.5) is 0 Å². The topological polar surface area (TPSA) is 83.1 Å². The fourth-order valence-corrected chi connectivity index (χ4v) is 3.68. The summed E-state index contributed by atoms with van der Waals surface area (Å²) in [7, 11) is -3.53. The van der Waals surface area contributed by atoms with Crippen LogP contribution < -0.4 is 5.56 Å². The van der Waals surface area contributed by atoms with E-state index >= 15 is 0 Å². The van der Waals surface area contributed by atoms with Crippen molar-refractivity contribution in [1.29, 1.82) is 0 Å². The summed E-state index contributed by atoms with van der Waals surface area (Å²) in [6, 6.07) is 8.02. The minimum Gasteiger partial charge on any atom is -0.297 e. The lowest BCUT2D eigenvalue weighted by molar-refractivity contribution is 0.239. The molecule has 0 spiro atoms. The van der Waals surface area contributed by atoms with Crippen molar-refractivity contribution < 1.29 is 8.42 Å². The molecule has 0 amide bonds. The van der Waals surface area contributed by atoms with Gasteiger partial charge in [-0.2, -0.15) is 0 Å². The summed E-state index contributed by atoms with van der Waals surface area (Å²) in [6.45, 7) is 1.93. The number of nitrogens with zero attached hydrogens (tertiary/aromatic N) is 2. The summed E-state index contributed by atoms with van der Waals surface area (Å²) >= 11 is 3.45. The van der Waals surface area contributed by atoms with Crippen molar-refractivity contribution in [2.75, 3.05) is 12.8 Å². The van der Waals surface area contributed by atoms with E-state index < -0.39 is 9.84 Å². The van der Waals surface area contributed by atoms with Crippen LogP contribution in [0.3, 0.4) is 0 Å². The molecular weight excluding hydrogens is 382 g/mol. The average Bonchev–Trinajstić information content (AvgIpc) is 2.46. The minimum atomic E-state index is -3.53. The number of fused-ring (bicyclic) bond motifs is 1. The smallest absolute Gasteiger partial charge is 0.255 e. The molecule has 0 fully saturated rings. The quantitative estimate of drug-likeness (QED) is 0.793. The van der Waals surface area contributed by atoms with Gasteiger partial charge < -0.3 is 0 Å². The molecule has 0 radical (unpaired) electrons. The zero-order valence-electron chi connectivity index (χ0n) is 12.5. The van der Waals surface area contributed by atoms with Crippen LogP contribution >= 0.6 is 15.9 Å². The van der Waals surface area contributed by atoms with Gasteiger partial charge in [0.05, 0.1) is 5.69 Å². The zero-order chi connectivity index (χ0) is 16.6. The summed E-state index contributed by atoms with van der Waals surface area (Å²) in [6.07, 6.45) is 1.61. The van der Waals surface area contributed by atoms with Gasteiger partial charge in [-0.1, -0.05) is 28.1 Å². The Morgan fingerprint density at radius 1 is 1.39 bits per heavy atom. The molecule has 6 nitrogen and oxygen atoms in total. The Labute approximate surface area is 142 Å². The lowest BCUT2D eigenvalue weighted by atomic mass is 10.1. The van der Waals surface area contributed by atoms with Crippen molar-refractivity contribution in [1.82, 2.24) is 14.9 Å². The molecule has 8 heteroatoms. The molecule has 1 N–H and O–H groups in total. The van der Waals surface area contributed by atoms with Gasteiger partial charge in [0.25, 0.3) is 5.56 Å². The SMILES string of the molecule is CS(=O)(=O)c1nc2c(c(=O)[nH]1)CCN(Cc1cccc(Br)c1)C2. The van der Waals surface area contributed by atoms with Crippen LogP contribution in [0.15, 0.2) is 38.7 Å². The Morgan fingerprint density at radius 3 is 2.87 bits per heavy atom. The largest absolute Gasteiger partial charge is 0.297 e. The van der Waals surface area contributed by atoms with E-state index in [1.807, 2.05) is 24.3 Å². The molecule has 0 aliphatic carbocycles. The van der Waals surface area contributed by atoms with Crippen LogP contribution in [0, 0.1) is 0 Å². The van der Waals surface area contributed by atoms with Crippen LogP contribution in [0.5, 0.6) is 0 Å². The summed E-state index contributed by atoms with van der Waals surface area (Å²) in [4.78, 5) is 20.7. The molecule has 122 valence electrons. The number of nitrogens with one attached hydrogen (secondary N) is 1. The standard InChI is InChI=1S/C15H16BrN3O3S/c1-23(21,22)15-17-13-9-19(6-5-12(13)14(20)18-15)8-10-3-2-4-11(16)7-10/h2-4,7H,5-6,8-9H2,1H3,(H,17,18,20). The number of halogens is 1. The Hall–Kier alpha value is -1.51. The van der Waals surface area contributed by atoms with Crippen LogP contribution in [-0.2, 0) is 29.3 Å². The predicted octanol–water partition coefficient (Wildman–Crippen LogP) is 1.49.